The van der Waals surface area contributed by atoms with Crippen LogP contribution in [-0.4, -0.2) is 39.1 Å². The zero-order valence-corrected chi connectivity index (χ0v) is 14.7. The van der Waals surface area contributed by atoms with Crippen LogP contribution in [0.5, 0.6) is 0 Å². The summed E-state index contributed by atoms with van der Waals surface area (Å²) in [6.07, 6.45) is 5.46. The molecule has 0 spiro atoms. The molecule has 6 heteroatoms. The van der Waals surface area contributed by atoms with Crippen molar-refractivity contribution in [2.75, 3.05) is 13.2 Å². The molecule has 24 heavy (non-hydrogen) atoms. The molecule has 0 saturated carbocycles. The molecule has 130 valence electrons. The molecule has 0 N–H and O–H groups in total. The molecule has 2 aromatic heterocycles. The lowest BCUT2D eigenvalue weighted by atomic mass is 10.1. The number of ether oxygens (including phenoxy) is 2. The van der Waals surface area contributed by atoms with E-state index in [4.69, 9.17) is 9.47 Å². The minimum atomic E-state index is 0.211. The number of hydrogen-bond acceptors (Lipinski definition) is 5. The highest BCUT2D eigenvalue weighted by Crippen LogP contribution is 2.17. The predicted molar refractivity (Wildman–Crippen MR) is 91.2 cm³/mol. The number of nitrogens with zero attached hydrogens (tertiary/aromatic N) is 4. The normalized spacial score (nSPS) is 18.2. The minimum Gasteiger partial charge on any atom is -0.376 e. The lowest BCUT2D eigenvalue weighted by Crippen LogP contribution is -2.24. The smallest absolute Gasteiger partial charge is 0.158 e. The van der Waals surface area contributed by atoms with Gasteiger partial charge in [-0.1, -0.05) is 13.8 Å². The zero-order valence-electron chi connectivity index (χ0n) is 14.7. The van der Waals surface area contributed by atoms with Crippen LogP contribution in [0.4, 0.5) is 0 Å². The van der Waals surface area contributed by atoms with Crippen molar-refractivity contribution in [1.29, 1.82) is 0 Å². The third-order valence-corrected chi connectivity index (χ3v) is 4.14. The van der Waals surface area contributed by atoms with Gasteiger partial charge in [0.05, 0.1) is 18.4 Å². The van der Waals surface area contributed by atoms with E-state index in [1.807, 2.05) is 23.7 Å². The topological polar surface area (TPSA) is 62.1 Å². The summed E-state index contributed by atoms with van der Waals surface area (Å²) in [4.78, 5) is 8.91. The highest BCUT2D eigenvalue weighted by atomic mass is 16.5. The first-order valence-electron chi connectivity index (χ1n) is 8.71. The highest BCUT2D eigenvalue weighted by Gasteiger charge is 2.17. The van der Waals surface area contributed by atoms with Crippen molar-refractivity contribution in [1.82, 2.24) is 19.7 Å². The largest absolute Gasteiger partial charge is 0.376 e. The van der Waals surface area contributed by atoms with Gasteiger partial charge in [0.15, 0.2) is 11.6 Å². The number of rotatable bonds is 6. The maximum absolute atomic E-state index is 5.88. The van der Waals surface area contributed by atoms with E-state index < -0.39 is 0 Å². The third-order valence-electron chi connectivity index (χ3n) is 4.14. The average Bonchev–Trinajstić information content (AvgIpc) is 3.00. The summed E-state index contributed by atoms with van der Waals surface area (Å²) in [5.41, 5.74) is 1.92. The van der Waals surface area contributed by atoms with Gasteiger partial charge in [0, 0.05) is 24.4 Å². The molecule has 1 aliphatic heterocycles. The Morgan fingerprint density at radius 3 is 2.96 bits per heavy atom. The molecule has 0 unspecified atom stereocenters. The van der Waals surface area contributed by atoms with E-state index in [-0.39, 0.29) is 12.0 Å². The molecule has 6 nitrogen and oxygen atoms in total. The molecule has 1 fully saturated rings. The number of aromatic nitrogens is 4. The van der Waals surface area contributed by atoms with Gasteiger partial charge in [0.1, 0.15) is 6.61 Å². The first-order chi connectivity index (χ1) is 11.6. The van der Waals surface area contributed by atoms with Crippen molar-refractivity contribution in [2.45, 2.75) is 58.7 Å². The van der Waals surface area contributed by atoms with E-state index in [1.54, 1.807) is 6.20 Å². The summed E-state index contributed by atoms with van der Waals surface area (Å²) in [5.74, 6) is 1.92. The second-order valence-corrected chi connectivity index (χ2v) is 6.61. The second kappa shape index (κ2) is 7.85. The summed E-state index contributed by atoms with van der Waals surface area (Å²) in [6.45, 7) is 8.05. The van der Waals surface area contributed by atoms with Gasteiger partial charge in [0.25, 0.3) is 0 Å². The molecule has 1 atom stereocenters. The summed E-state index contributed by atoms with van der Waals surface area (Å²) in [7, 11) is 0. The lowest BCUT2D eigenvalue weighted by Gasteiger charge is -2.22. The predicted octanol–water partition coefficient (Wildman–Crippen LogP) is 3.18. The summed E-state index contributed by atoms with van der Waals surface area (Å²) >= 11 is 0. The first-order valence-corrected chi connectivity index (χ1v) is 8.71. The van der Waals surface area contributed by atoms with Crippen molar-refractivity contribution >= 4 is 0 Å². The number of hydrogen-bond donors (Lipinski definition) is 0. The van der Waals surface area contributed by atoms with Crippen LogP contribution in [0.15, 0.2) is 18.3 Å². The summed E-state index contributed by atoms with van der Waals surface area (Å²) < 4.78 is 13.5. The fourth-order valence-electron chi connectivity index (χ4n) is 2.79. The molecular weight excluding hydrogens is 304 g/mol. The third kappa shape index (κ3) is 4.19. The maximum Gasteiger partial charge on any atom is 0.158 e. The van der Waals surface area contributed by atoms with Gasteiger partial charge in [0.2, 0.25) is 0 Å². The molecule has 1 saturated heterocycles. The van der Waals surface area contributed by atoms with Crippen LogP contribution in [0.2, 0.25) is 0 Å². The van der Waals surface area contributed by atoms with Crippen LogP contribution in [0.25, 0.3) is 5.69 Å². The second-order valence-electron chi connectivity index (χ2n) is 6.61. The van der Waals surface area contributed by atoms with Crippen LogP contribution in [0.3, 0.4) is 0 Å². The van der Waals surface area contributed by atoms with Crippen LogP contribution in [0.1, 0.15) is 56.4 Å². The molecule has 0 bridgehead atoms. The van der Waals surface area contributed by atoms with Crippen LogP contribution in [-0.2, 0) is 16.1 Å². The maximum atomic E-state index is 5.88. The van der Waals surface area contributed by atoms with Gasteiger partial charge < -0.3 is 9.47 Å². The van der Waals surface area contributed by atoms with Crippen molar-refractivity contribution in [3.8, 4) is 5.69 Å². The Kier molecular flexibility index (Phi) is 5.58. The van der Waals surface area contributed by atoms with E-state index in [9.17, 15) is 0 Å². The number of pyridine rings is 1. The average molecular weight is 330 g/mol. The Morgan fingerprint density at radius 1 is 1.38 bits per heavy atom. The lowest BCUT2D eigenvalue weighted by molar-refractivity contribution is -0.0460. The van der Waals surface area contributed by atoms with Crippen molar-refractivity contribution < 1.29 is 9.47 Å². The molecule has 1 aliphatic rings. The Bertz CT molecular complexity index is 663. The molecule has 2 aromatic rings. The monoisotopic (exact) mass is 330 g/mol. The fourth-order valence-corrected chi connectivity index (χ4v) is 2.79. The quantitative estimate of drug-likeness (QED) is 0.814. The molecule has 0 amide bonds. The van der Waals surface area contributed by atoms with Crippen molar-refractivity contribution in [3.63, 3.8) is 0 Å². The zero-order chi connectivity index (χ0) is 16.9. The Hall–Kier alpha value is -1.79. The van der Waals surface area contributed by atoms with Gasteiger partial charge in [-0.2, -0.15) is 5.10 Å². The Balaban J connectivity index is 1.73. The first kappa shape index (κ1) is 17.0. The van der Waals surface area contributed by atoms with Crippen molar-refractivity contribution in [2.24, 2.45) is 0 Å². The molecule has 0 aromatic carbocycles. The van der Waals surface area contributed by atoms with Gasteiger partial charge in [-0.05, 0) is 38.3 Å². The Labute approximate surface area is 143 Å². The van der Waals surface area contributed by atoms with E-state index in [0.29, 0.717) is 13.2 Å². The van der Waals surface area contributed by atoms with E-state index in [1.165, 1.54) is 6.42 Å². The molecule has 0 aliphatic carbocycles. The van der Waals surface area contributed by atoms with Crippen LogP contribution >= 0.6 is 0 Å². The Morgan fingerprint density at radius 2 is 2.25 bits per heavy atom. The molecule has 3 heterocycles. The van der Waals surface area contributed by atoms with Gasteiger partial charge in [-0.25, -0.2) is 9.67 Å². The molecule has 3 rings (SSSR count). The van der Waals surface area contributed by atoms with E-state index in [0.717, 1.165) is 42.5 Å². The van der Waals surface area contributed by atoms with E-state index >= 15 is 0 Å². The molecular formula is C18H26N4O2. The fraction of sp³-hybridized carbons (Fsp3) is 0.611. The van der Waals surface area contributed by atoms with Crippen LogP contribution < -0.4 is 0 Å². The van der Waals surface area contributed by atoms with Crippen LogP contribution in [0, 0.1) is 6.92 Å². The van der Waals surface area contributed by atoms with Gasteiger partial charge in [-0.3, -0.25) is 4.98 Å². The summed E-state index contributed by atoms with van der Waals surface area (Å²) in [6, 6.07) is 3.95. The van der Waals surface area contributed by atoms with E-state index in [2.05, 4.69) is 28.9 Å². The highest BCUT2D eigenvalue weighted by molar-refractivity contribution is 5.31. The SMILES string of the molecule is Cc1cc(-n2nc(C(C)C)nc2COC[C@@H]2CCCCO2)ccn1. The minimum absolute atomic E-state index is 0.211. The van der Waals surface area contributed by atoms with Gasteiger partial charge in [-0.15, -0.1) is 0 Å². The number of aryl methyl sites for hydroxylation is 1. The molecule has 0 radical (unpaired) electrons. The standard InChI is InChI=1S/C18H26N4O2/c1-13(2)18-20-17(12-23-11-16-6-4-5-9-24-16)22(21-18)15-7-8-19-14(3)10-15/h7-8,10,13,16H,4-6,9,11-12H2,1-3H3/t16-/m0/s1. The van der Waals surface area contributed by atoms with Gasteiger partial charge >= 0.3 is 0 Å². The summed E-state index contributed by atoms with van der Waals surface area (Å²) in [5, 5.41) is 4.65. The van der Waals surface area contributed by atoms with Crippen molar-refractivity contribution in [3.05, 3.63) is 35.7 Å².